The highest BCUT2D eigenvalue weighted by atomic mass is 16.5. The largest absolute Gasteiger partial charge is 0.491 e. The van der Waals surface area contributed by atoms with Crippen molar-refractivity contribution in [3.05, 3.63) is 78.0 Å². The Labute approximate surface area is 249 Å². The second kappa shape index (κ2) is 14.3. The van der Waals surface area contributed by atoms with Gasteiger partial charge in [0.25, 0.3) is 5.91 Å². The Morgan fingerprint density at radius 2 is 1.86 bits per heavy atom. The molecule has 0 unspecified atom stereocenters. The first-order valence-electron chi connectivity index (χ1n) is 14.5. The van der Waals surface area contributed by atoms with Crippen molar-refractivity contribution in [3.63, 3.8) is 0 Å². The zero-order chi connectivity index (χ0) is 30.2. The van der Waals surface area contributed by atoms with Crippen LogP contribution >= 0.6 is 0 Å². The number of amides is 3. The molecule has 42 heavy (non-hydrogen) atoms. The lowest BCUT2D eigenvalue weighted by molar-refractivity contribution is 0.00922. The fourth-order valence-electron chi connectivity index (χ4n) is 5.12. The standard InChI is InChI=1S/C33H43N5O4/c1-22(2)35-33(40)36-27-14-15-28-30(17-27)42-21-24(4)38(18-23(3)31(41-6)20-37(5)32(28)39)19-25-10-12-26(13-11-25)29-9-7-8-16-34-29/h7-17,22-24,31H,18-21H2,1-6H3,(H2,35,36,40)/t23-,24-,31+/m0/s1. The molecule has 2 N–H and O–H groups in total. The van der Waals surface area contributed by atoms with Crippen molar-refractivity contribution in [2.75, 3.05) is 39.2 Å². The lowest BCUT2D eigenvalue weighted by Crippen LogP contribution is -2.46. The van der Waals surface area contributed by atoms with Crippen molar-refractivity contribution >= 4 is 17.6 Å². The third-order valence-corrected chi connectivity index (χ3v) is 7.55. The Morgan fingerprint density at radius 3 is 2.52 bits per heavy atom. The van der Waals surface area contributed by atoms with Gasteiger partial charge in [0, 0.05) is 69.4 Å². The van der Waals surface area contributed by atoms with Gasteiger partial charge in [0.2, 0.25) is 0 Å². The minimum Gasteiger partial charge on any atom is -0.491 e. The molecule has 0 fully saturated rings. The third-order valence-electron chi connectivity index (χ3n) is 7.55. The SMILES string of the molecule is CO[C@@H]1CN(C)C(=O)c2ccc(NC(=O)NC(C)C)cc2OC[C@H](C)N(Cc2ccc(-c3ccccn3)cc2)C[C@@H]1C. The summed E-state index contributed by atoms with van der Waals surface area (Å²) in [5.74, 6) is 0.434. The number of benzene rings is 2. The van der Waals surface area contributed by atoms with Gasteiger partial charge in [-0.2, -0.15) is 0 Å². The van der Waals surface area contributed by atoms with Gasteiger partial charge in [0.15, 0.2) is 0 Å². The molecular weight excluding hydrogens is 530 g/mol. The van der Waals surface area contributed by atoms with E-state index >= 15 is 0 Å². The quantitative estimate of drug-likeness (QED) is 0.416. The highest BCUT2D eigenvalue weighted by Gasteiger charge is 2.28. The number of methoxy groups -OCH3 is 1. The second-order valence-corrected chi connectivity index (χ2v) is 11.4. The zero-order valence-electron chi connectivity index (χ0n) is 25.5. The molecule has 3 amide bonds. The fourth-order valence-corrected chi connectivity index (χ4v) is 5.12. The van der Waals surface area contributed by atoms with Crippen LogP contribution in [0.1, 0.15) is 43.6 Å². The van der Waals surface area contributed by atoms with Crippen molar-refractivity contribution in [1.82, 2.24) is 20.1 Å². The molecule has 1 aliphatic heterocycles. The van der Waals surface area contributed by atoms with Crippen LogP contribution in [0.3, 0.4) is 0 Å². The summed E-state index contributed by atoms with van der Waals surface area (Å²) in [6.07, 6.45) is 1.65. The van der Waals surface area contributed by atoms with E-state index in [1.165, 1.54) is 5.56 Å². The highest BCUT2D eigenvalue weighted by Crippen LogP contribution is 2.27. The average molecular weight is 574 g/mol. The molecule has 4 rings (SSSR count). The summed E-state index contributed by atoms with van der Waals surface area (Å²) in [5, 5.41) is 5.65. The van der Waals surface area contributed by atoms with E-state index < -0.39 is 0 Å². The summed E-state index contributed by atoms with van der Waals surface area (Å²) in [6.45, 7) is 10.4. The topological polar surface area (TPSA) is 96.0 Å². The van der Waals surface area contributed by atoms with Gasteiger partial charge in [0.05, 0.1) is 17.4 Å². The fraction of sp³-hybridized carbons (Fsp3) is 0.424. The predicted octanol–water partition coefficient (Wildman–Crippen LogP) is 5.28. The van der Waals surface area contributed by atoms with Crippen LogP contribution in [0.15, 0.2) is 66.9 Å². The van der Waals surface area contributed by atoms with Gasteiger partial charge in [-0.1, -0.05) is 37.3 Å². The third kappa shape index (κ3) is 8.08. The molecule has 0 bridgehead atoms. The zero-order valence-corrected chi connectivity index (χ0v) is 25.5. The van der Waals surface area contributed by atoms with E-state index in [1.807, 2.05) is 32.0 Å². The first-order valence-corrected chi connectivity index (χ1v) is 14.5. The molecule has 2 aromatic carbocycles. The summed E-state index contributed by atoms with van der Waals surface area (Å²) in [7, 11) is 3.48. The van der Waals surface area contributed by atoms with Gasteiger partial charge in [-0.15, -0.1) is 0 Å². The summed E-state index contributed by atoms with van der Waals surface area (Å²) in [5.41, 5.74) is 4.20. The highest BCUT2D eigenvalue weighted by molar-refractivity contribution is 5.98. The van der Waals surface area contributed by atoms with Crippen LogP contribution in [0.5, 0.6) is 5.75 Å². The first-order chi connectivity index (χ1) is 20.1. The summed E-state index contributed by atoms with van der Waals surface area (Å²) >= 11 is 0. The Kier molecular flexibility index (Phi) is 10.5. The molecule has 0 radical (unpaired) electrons. The molecule has 0 spiro atoms. The number of nitrogens with one attached hydrogen (secondary N) is 2. The maximum absolute atomic E-state index is 13.5. The van der Waals surface area contributed by atoms with Crippen LogP contribution in [0.25, 0.3) is 11.3 Å². The molecule has 0 saturated carbocycles. The summed E-state index contributed by atoms with van der Waals surface area (Å²) < 4.78 is 12.2. The van der Waals surface area contributed by atoms with E-state index in [2.05, 4.69) is 58.6 Å². The number of ether oxygens (including phenoxy) is 2. The van der Waals surface area contributed by atoms with Crippen LogP contribution in [-0.4, -0.2) is 78.8 Å². The minimum atomic E-state index is -0.313. The average Bonchev–Trinajstić information content (AvgIpc) is 2.97. The maximum atomic E-state index is 13.5. The molecule has 1 aromatic heterocycles. The predicted molar refractivity (Wildman–Crippen MR) is 166 cm³/mol. The van der Waals surface area contributed by atoms with E-state index in [0.29, 0.717) is 30.2 Å². The van der Waals surface area contributed by atoms with E-state index in [-0.39, 0.29) is 36.0 Å². The van der Waals surface area contributed by atoms with Crippen LogP contribution < -0.4 is 15.4 Å². The molecule has 0 aliphatic carbocycles. The molecule has 2 heterocycles. The van der Waals surface area contributed by atoms with E-state index in [9.17, 15) is 9.59 Å². The van der Waals surface area contributed by atoms with Crippen LogP contribution in [0, 0.1) is 5.92 Å². The van der Waals surface area contributed by atoms with Crippen molar-refractivity contribution in [2.45, 2.75) is 52.4 Å². The number of carbonyl (C=O) groups is 2. The van der Waals surface area contributed by atoms with Gasteiger partial charge in [0.1, 0.15) is 12.4 Å². The molecule has 9 heteroatoms. The number of fused-ring (bicyclic) bond motifs is 1. The first kappa shape index (κ1) is 31.0. The Bertz CT molecular complexity index is 1330. The van der Waals surface area contributed by atoms with Crippen LogP contribution in [0.2, 0.25) is 0 Å². The second-order valence-electron chi connectivity index (χ2n) is 11.4. The lowest BCUT2D eigenvalue weighted by atomic mass is 10.0. The number of pyridine rings is 1. The van der Waals surface area contributed by atoms with Crippen molar-refractivity contribution in [2.24, 2.45) is 5.92 Å². The van der Waals surface area contributed by atoms with E-state index in [0.717, 1.165) is 24.3 Å². The van der Waals surface area contributed by atoms with Gasteiger partial charge in [-0.05, 0) is 56.5 Å². The number of hydrogen-bond donors (Lipinski definition) is 2. The van der Waals surface area contributed by atoms with Crippen LogP contribution in [-0.2, 0) is 11.3 Å². The summed E-state index contributed by atoms with van der Waals surface area (Å²) in [6, 6.07) is 19.3. The van der Waals surface area contributed by atoms with Gasteiger partial charge < -0.3 is 25.0 Å². The molecule has 3 aromatic rings. The lowest BCUT2D eigenvalue weighted by Gasteiger charge is -2.36. The number of likely N-dealkylation sites (N-methyl/N-ethyl adjacent to an activating group) is 1. The number of nitrogens with zero attached hydrogens (tertiary/aromatic N) is 3. The van der Waals surface area contributed by atoms with E-state index in [4.69, 9.17) is 9.47 Å². The Balaban J connectivity index is 1.59. The number of carbonyl (C=O) groups excluding carboxylic acids is 2. The van der Waals surface area contributed by atoms with Crippen molar-refractivity contribution in [1.29, 1.82) is 0 Å². The monoisotopic (exact) mass is 573 g/mol. The van der Waals surface area contributed by atoms with Crippen molar-refractivity contribution in [3.8, 4) is 17.0 Å². The Morgan fingerprint density at radius 1 is 1.10 bits per heavy atom. The summed E-state index contributed by atoms with van der Waals surface area (Å²) in [4.78, 5) is 34.4. The molecule has 1 aliphatic rings. The molecule has 9 nitrogen and oxygen atoms in total. The smallest absolute Gasteiger partial charge is 0.319 e. The van der Waals surface area contributed by atoms with Gasteiger partial charge >= 0.3 is 6.03 Å². The number of hydrogen-bond acceptors (Lipinski definition) is 6. The molecular formula is C33H43N5O4. The van der Waals surface area contributed by atoms with Gasteiger partial charge in [-0.25, -0.2) is 4.79 Å². The molecule has 224 valence electrons. The Hall–Kier alpha value is -3.95. The molecule has 3 atom stereocenters. The normalized spacial score (nSPS) is 20.2. The van der Waals surface area contributed by atoms with Crippen LogP contribution in [0.4, 0.5) is 10.5 Å². The molecule has 0 saturated heterocycles. The van der Waals surface area contributed by atoms with E-state index in [1.54, 1.807) is 43.5 Å². The maximum Gasteiger partial charge on any atom is 0.319 e. The number of urea groups is 1. The number of aromatic nitrogens is 1. The van der Waals surface area contributed by atoms with Gasteiger partial charge in [-0.3, -0.25) is 14.7 Å². The number of rotatable bonds is 6. The number of anilines is 1. The minimum absolute atomic E-state index is 0.00470. The van der Waals surface area contributed by atoms with Crippen molar-refractivity contribution < 1.29 is 19.1 Å².